The second kappa shape index (κ2) is 8.68. The van der Waals surface area contributed by atoms with E-state index in [9.17, 15) is 4.79 Å². The average molecular weight is 391 g/mol. The number of hydrogen-bond acceptors (Lipinski definition) is 2. The molecule has 0 radical (unpaired) electrons. The third-order valence-electron chi connectivity index (χ3n) is 6.02. The van der Waals surface area contributed by atoms with E-state index in [0.717, 1.165) is 52.9 Å². The molecular weight excluding hydrogens is 360 g/mol. The number of aromatic amines is 1. The first-order valence-corrected chi connectivity index (χ1v) is 10.7. The zero-order valence-corrected chi connectivity index (χ0v) is 17.4. The van der Waals surface area contributed by atoms with Crippen LogP contribution in [0.3, 0.4) is 0 Å². The molecule has 5 heteroatoms. The molecule has 0 aliphatic heterocycles. The molecule has 152 valence electrons. The van der Waals surface area contributed by atoms with Crippen molar-refractivity contribution in [3.63, 3.8) is 0 Å². The van der Waals surface area contributed by atoms with E-state index in [-0.39, 0.29) is 6.03 Å². The van der Waals surface area contributed by atoms with Gasteiger partial charge in [0.05, 0.1) is 11.0 Å². The summed E-state index contributed by atoms with van der Waals surface area (Å²) in [6.07, 6.45) is 6.56. The maximum atomic E-state index is 13.3. The van der Waals surface area contributed by atoms with Crippen LogP contribution in [-0.2, 0) is 6.42 Å². The topological polar surface area (TPSA) is 61.0 Å². The fourth-order valence-corrected chi connectivity index (χ4v) is 4.38. The average Bonchev–Trinajstić information content (AvgIpc) is 3.15. The lowest BCUT2D eigenvalue weighted by Gasteiger charge is -2.34. The van der Waals surface area contributed by atoms with Crippen LogP contribution in [0.4, 0.5) is 10.5 Å². The third-order valence-corrected chi connectivity index (χ3v) is 6.02. The van der Waals surface area contributed by atoms with E-state index in [2.05, 4.69) is 15.3 Å². The number of nitrogens with one attached hydrogen (secondary N) is 2. The van der Waals surface area contributed by atoms with Crippen molar-refractivity contribution in [3.05, 3.63) is 59.4 Å². The van der Waals surface area contributed by atoms with Gasteiger partial charge in [-0.2, -0.15) is 0 Å². The standard InChI is InChI=1S/C24H30N4O/c1-17-9-8-10-18(2)23(17)27-24(29)28(19-11-4-3-5-12-19)16-15-22-25-20-13-6-7-14-21(20)26-22/h6-10,13-14,19H,3-5,11-12,15-16H2,1-2H3,(H,25,26)(H,27,29). The number of imidazole rings is 1. The lowest BCUT2D eigenvalue weighted by molar-refractivity contribution is 0.168. The lowest BCUT2D eigenvalue weighted by atomic mass is 9.94. The number of benzene rings is 2. The fourth-order valence-electron chi connectivity index (χ4n) is 4.38. The zero-order valence-electron chi connectivity index (χ0n) is 17.4. The third kappa shape index (κ3) is 4.44. The number of amides is 2. The number of hydrogen-bond donors (Lipinski definition) is 2. The molecule has 4 rings (SSSR count). The Morgan fingerprint density at radius 1 is 1.07 bits per heavy atom. The summed E-state index contributed by atoms with van der Waals surface area (Å²) in [6, 6.07) is 14.5. The largest absolute Gasteiger partial charge is 0.342 e. The molecule has 0 saturated heterocycles. The van der Waals surface area contributed by atoms with Gasteiger partial charge in [-0.3, -0.25) is 0 Å². The van der Waals surface area contributed by atoms with Crippen LogP contribution in [0.5, 0.6) is 0 Å². The number of nitrogens with zero attached hydrogens (tertiary/aromatic N) is 2. The maximum absolute atomic E-state index is 13.3. The van der Waals surface area contributed by atoms with Gasteiger partial charge in [0.2, 0.25) is 0 Å². The molecule has 1 aliphatic carbocycles. The molecule has 29 heavy (non-hydrogen) atoms. The van der Waals surface area contributed by atoms with Crippen molar-refractivity contribution in [3.8, 4) is 0 Å². The highest BCUT2D eigenvalue weighted by Gasteiger charge is 2.26. The number of rotatable bonds is 5. The molecule has 0 unspecified atom stereocenters. The van der Waals surface area contributed by atoms with Gasteiger partial charge in [-0.25, -0.2) is 9.78 Å². The van der Waals surface area contributed by atoms with Gasteiger partial charge >= 0.3 is 6.03 Å². The summed E-state index contributed by atoms with van der Waals surface area (Å²) in [7, 11) is 0. The normalized spacial score (nSPS) is 14.8. The Morgan fingerprint density at radius 3 is 2.52 bits per heavy atom. The molecule has 1 aliphatic rings. The van der Waals surface area contributed by atoms with Crippen LogP contribution in [0.2, 0.25) is 0 Å². The smallest absolute Gasteiger partial charge is 0.322 e. The molecule has 1 fully saturated rings. The predicted molar refractivity (Wildman–Crippen MR) is 118 cm³/mol. The Balaban J connectivity index is 1.51. The lowest BCUT2D eigenvalue weighted by Crippen LogP contribution is -2.45. The van der Waals surface area contributed by atoms with Crippen LogP contribution >= 0.6 is 0 Å². The number of aromatic nitrogens is 2. The van der Waals surface area contributed by atoms with E-state index >= 15 is 0 Å². The van der Waals surface area contributed by atoms with Crippen LogP contribution in [0.15, 0.2) is 42.5 Å². The SMILES string of the molecule is Cc1cccc(C)c1NC(=O)N(CCc1nc2ccccc2[nH]1)C1CCCCC1. The van der Waals surface area contributed by atoms with E-state index in [1.54, 1.807) is 0 Å². The fraction of sp³-hybridized carbons (Fsp3) is 0.417. The van der Waals surface area contributed by atoms with Crippen molar-refractivity contribution in [2.45, 2.75) is 58.4 Å². The summed E-state index contributed by atoms with van der Waals surface area (Å²) in [4.78, 5) is 23.4. The first-order chi connectivity index (χ1) is 14.1. The van der Waals surface area contributed by atoms with Crippen LogP contribution in [0.25, 0.3) is 11.0 Å². The molecule has 0 bridgehead atoms. The van der Waals surface area contributed by atoms with Crippen LogP contribution < -0.4 is 5.32 Å². The van der Waals surface area contributed by atoms with Crippen molar-refractivity contribution in [2.24, 2.45) is 0 Å². The number of aryl methyl sites for hydroxylation is 2. The minimum atomic E-state index is 0.00501. The monoisotopic (exact) mass is 390 g/mol. The molecule has 1 heterocycles. The first kappa shape index (κ1) is 19.5. The van der Waals surface area contributed by atoms with Gasteiger partial charge in [0.25, 0.3) is 0 Å². The van der Waals surface area contributed by atoms with Crippen molar-refractivity contribution in [1.82, 2.24) is 14.9 Å². The minimum Gasteiger partial charge on any atom is -0.342 e. The summed E-state index contributed by atoms with van der Waals surface area (Å²) >= 11 is 0. The quantitative estimate of drug-likeness (QED) is 0.596. The van der Waals surface area contributed by atoms with Gasteiger partial charge in [0, 0.05) is 24.7 Å². The van der Waals surface area contributed by atoms with E-state index in [4.69, 9.17) is 0 Å². The van der Waals surface area contributed by atoms with Crippen molar-refractivity contribution in [1.29, 1.82) is 0 Å². The maximum Gasteiger partial charge on any atom is 0.322 e. The second-order valence-electron chi connectivity index (χ2n) is 8.13. The number of carbonyl (C=O) groups excluding carboxylic acids is 1. The molecule has 1 aromatic heterocycles. The van der Waals surface area contributed by atoms with Gasteiger partial charge in [0.1, 0.15) is 5.82 Å². The number of urea groups is 1. The Labute approximate surface area is 172 Å². The highest BCUT2D eigenvalue weighted by atomic mass is 16.2. The molecule has 3 aromatic rings. The van der Waals surface area contributed by atoms with E-state index in [1.807, 2.05) is 61.2 Å². The number of carbonyl (C=O) groups is 1. The summed E-state index contributed by atoms with van der Waals surface area (Å²) in [5.74, 6) is 0.937. The van der Waals surface area contributed by atoms with E-state index in [1.165, 1.54) is 19.3 Å². The number of anilines is 1. The first-order valence-electron chi connectivity index (χ1n) is 10.7. The van der Waals surface area contributed by atoms with Crippen LogP contribution in [-0.4, -0.2) is 33.5 Å². The Morgan fingerprint density at radius 2 is 1.79 bits per heavy atom. The van der Waals surface area contributed by atoms with Crippen LogP contribution in [0, 0.1) is 13.8 Å². The molecule has 5 nitrogen and oxygen atoms in total. The molecule has 2 aromatic carbocycles. The molecule has 0 spiro atoms. The number of H-pyrrole nitrogens is 1. The highest BCUT2D eigenvalue weighted by molar-refractivity contribution is 5.91. The van der Waals surface area contributed by atoms with Gasteiger partial charge < -0.3 is 15.2 Å². The van der Waals surface area contributed by atoms with Crippen molar-refractivity contribution < 1.29 is 4.79 Å². The second-order valence-corrected chi connectivity index (χ2v) is 8.13. The molecule has 0 atom stereocenters. The summed E-state index contributed by atoms with van der Waals surface area (Å²) in [5, 5.41) is 3.20. The van der Waals surface area contributed by atoms with Gasteiger partial charge in [-0.15, -0.1) is 0 Å². The summed E-state index contributed by atoms with van der Waals surface area (Å²) in [5.41, 5.74) is 5.15. The number of fused-ring (bicyclic) bond motifs is 1. The molecule has 2 N–H and O–H groups in total. The van der Waals surface area contributed by atoms with Gasteiger partial charge in [-0.05, 0) is 49.9 Å². The molecular formula is C24H30N4O. The van der Waals surface area contributed by atoms with Crippen molar-refractivity contribution >= 4 is 22.8 Å². The van der Waals surface area contributed by atoms with Gasteiger partial charge in [0.15, 0.2) is 0 Å². The highest BCUT2D eigenvalue weighted by Crippen LogP contribution is 2.25. The Kier molecular flexibility index (Phi) is 5.84. The summed E-state index contributed by atoms with van der Waals surface area (Å²) < 4.78 is 0. The Bertz CT molecular complexity index is 934. The minimum absolute atomic E-state index is 0.00501. The number of para-hydroxylation sites is 3. The van der Waals surface area contributed by atoms with Crippen molar-refractivity contribution in [2.75, 3.05) is 11.9 Å². The molecule has 2 amide bonds. The summed E-state index contributed by atoms with van der Waals surface area (Å²) in [6.45, 7) is 4.76. The predicted octanol–water partition coefficient (Wildman–Crippen LogP) is 5.59. The van der Waals surface area contributed by atoms with E-state index in [0.29, 0.717) is 12.6 Å². The van der Waals surface area contributed by atoms with Gasteiger partial charge in [-0.1, -0.05) is 49.6 Å². The van der Waals surface area contributed by atoms with Crippen LogP contribution in [0.1, 0.15) is 49.1 Å². The van der Waals surface area contributed by atoms with E-state index < -0.39 is 0 Å². The Hall–Kier alpha value is -2.82. The zero-order chi connectivity index (χ0) is 20.2. The molecule has 1 saturated carbocycles.